The number of ether oxygens (including phenoxy) is 1. The smallest absolute Gasteiger partial charge is 0.248 e. The van der Waals surface area contributed by atoms with Gasteiger partial charge in [0.2, 0.25) is 41.4 Å². The molecule has 0 aromatic carbocycles. The molecule has 0 radical (unpaired) electrons. The molecule has 145 heavy (non-hydrogen) atoms. The number of piperazine rings is 6. The van der Waals surface area contributed by atoms with Crippen LogP contribution in [0.4, 0.5) is 0 Å². The largest absolute Gasteiger partial charge is 0.395 e. The lowest BCUT2D eigenvalue weighted by molar-refractivity contribution is -0.134. The summed E-state index contributed by atoms with van der Waals surface area (Å²) < 4.78 is 4.87. The van der Waals surface area contributed by atoms with Crippen molar-refractivity contribution in [1.29, 1.82) is 0 Å². The van der Waals surface area contributed by atoms with Crippen LogP contribution in [-0.4, -0.2) is 586 Å². The van der Waals surface area contributed by atoms with Crippen LogP contribution in [0.5, 0.6) is 0 Å². The number of nitrogens with one attached hydrogen (secondary N) is 4. The molecule has 12 rings (SSSR count). The number of hydrogen-bond acceptors (Lipinski definition) is 29. The van der Waals surface area contributed by atoms with Crippen molar-refractivity contribution in [2.24, 2.45) is 0 Å². The lowest BCUT2D eigenvalue weighted by atomic mass is 10.2. The van der Waals surface area contributed by atoms with E-state index in [1.54, 1.807) is 39.0 Å². The molecule has 0 unspecified atom stereocenters. The van der Waals surface area contributed by atoms with Crippen LogP contribution >= 0.6 is 0 Å². The second kappa shape index (κ2) is 101. The van der Waals surface area contributed by atoms with Gasteiger partial charge in [0, 0.05) is 282 Å². The van der Waals surface area contributed by atoms with Crippen LogP contribution in [0.25, 0.3) is 0 Å². The zero-order chi connectivity index (χ0) is 112. The van der Waals surface area contributed by atoms with Crippen LogP contribution in [0, 0.1) is 0 Å². The Morgan fingerprint density at radius 1 is 0.434 bits per heavy atom. The molecule has 12 aliphatic heterocycles. The van der Waals surface area contributed by atoms with Gasteiger partial charge in [-0.1, -0.05) is 89.2 Å². The minimum atomic E-state index is -0.0463. The third kappa shape index (κ3) is 85.3. The van der Waals surface area contributed by atoms with Gasteiger partial charge in [-0.2, -0.15) is 0 Å². The highest BCUT2D eigenvalue weighted by molar-refractivity contribution is 5.79. The molecule has 12 aliphatic rings. The molecular weight excluding hydrogens is 1840 g/mol. The first-order valence-electron chi connectivity index (χ1n) is 56.4. The van der Waals surface area contributed by atoms with Crippen molar-refractivity contribution in [2.45, 2.75) is 286 Å². The molecule has 36 nitrogen and oxygen atoms in total. The molecule has 0 aromatic rings. The van der Waals surface area contributed by atoms with Gasteiger partial charge in [-0.05, 0) is 253 Å². The van der Waals surface area contributed by atoms with Gasteiger partial charge in [-0.3, -0.25) is 58.1 Å². The lowest BCUT2D eigenvalue weighted by Gasteiger charge is -2.37. The van der Waals surface area contributed by atoms with Crippen molar-refractivity contribution in [3.8, 4) is 0 Å². The molecule has 0 aliphatic carbocycles. The number of amides is 7. The fourth-order valence-electron chi connectivity index (χ4n) is 16.7. The molecule has 12 saturated heterocycles. The summed E-state index contributed by atoms with van der Waals surface area (Å²) in [5.41, 5.74) is 0. The Bertz CT molecular complexity index is 2880. The van der Waals surface area contributed by atoms with Gasteiger partial charge >= 0.3 is 0 Å². The van der Waals surface area contributed by atoms with Crippen molar-refractivity contribution in [3.05, 3.63) is 12.7 Å². The van der Waals surface area contributed by atoms with Crippen LogP contribution in [0.3, 0.4) is 0 Å². The van der Waals surface area contributed by atoms with Crippen LogP contribution in [0.15, 0.2) is 12.7 Å². The zero-order valence-electron chi connectivity index (χ0n) is 100. The summed E-state index contributed by atoms with van der Waals surface area (Å²) in [6.07, 6.45) is 13.2. The average Bonchev–Trinajstić information content (AvgIpc) is 1.29. The highest BCUT2D eigenvalue weighted by atomic mass is 16.5. The van der Waals surface area contributed by atoms with Gasteiger partial charge in [-0.25, -0.2) is 0 Å². The summed E-state index contributed by atoms with van der Waals surface area (Å²) in [4.78, 5) is 116. The summed E-state index contributed by atoms with van der Waals surface area (Å²) in [6, 6.07) is 3.45. The summed E-state index contributed by atoms with van der Waals surface area (Å²) in [5.74, 6) is 0.871. The number of carbonyl (C=O) groups excluding carboxylic acids is 7. The highest BCUT2D eigenvalue weighted by Gasteiger charge is 2.27. The van der Waals surface area contributed by atoms with E-state index in [0.717, 1.165) is 214 Å². The van der Waals surface area contributed by atoms with E-state index >= 15 is 0 Å². The molecule has 12 heterocycles. The van der Waals surface area contributed by atoms with E-state index in [2.05, 4.69) is 226 Å². The van der Waals surface area contributed by atoms with Crippen molar-refractivity contribution in [2.75, 3.05) is 377 Å². The van der Waals surface area contributed by atoms with Crippen LogP contribution in [-0.2, 0) is 38.3 Å². The first-order valence-corrected chi connectivity index (χ1v) is 56.4. The molecule has 0 spiro atoms. The molecule has 866 valence electrons. The average molecular weight is 2080 g/mol. The van der Waals surface area contributed by atoms with E-state index in [4.69, 9.17) is 30.3 Å². The first kappa shape index (κ1) is 151. The molecule has 12 fully saturated rings. The number of β-amino-alcohol motifs (C(OH)–C–C–N with tert-alkyl or cyclic N) is 3. The van der Waals surface area contributed by atoms with Gasteiger partial charge < -0.3 is 120 Å². The third-order valence-corrected chi connectivity index (χ3v) is 27.3. The fraction of sp³-hybridized carbons (Fsp3) is 0.917. The number of carbonyl (C=O) groups is 7. The second-order valence-corrected chi connectivity index (χ2v) is 39.2. The minimum absolute atomic E-state index is 0.00463. The molecule has 9 N–H and O–H groups in total. The topological polar surface area (TPSA) is 340 Å². The lowest BCUT2D eigenvalue weighted by Crippen LogP contribution is -2.50. The monoisotopic (exact) mass is 2080 g/mol. The van der Waals surface area contributed by atoms with Gasteiger partial charge in [0.15, 0.2) is 0 Å². The maximum Gasteiger partial charge on any atom is 0.248 e. The number of aliphatic hydroxyl groups is 5. The minimum Gasteiger partial charge on any atom is -0.395 e. The highest BCUT2D eigenvalue weighted by Crippen LogP contribution is 2.18. The van der Waals surface area contributed by atoms with Crippen LogP contribution in [0.2, 0.25) is 0 Å². The van der Waals surface area contributed by atoms with Crippen molar-refractivity contribution in [3.63, 3.8) is 0 Å². The van der Waals surface area contributed by atoms with Crippen molar-refractivity contribution >= 4 is 41.4 Å². The number of rotatable bonds is 22. The third-order valence-electron chi connectivity index (χ3n) is 27.3. The number of likely N-dealkylation sites (tertiary alicyclic amines) is 6. The predicted octanol–water partition coefficient (Wildman–Crippen LogP) is 6.25. The number of hydrogen-bond donors (Lipinski definition) is 9. The van der Waals surface area contributed by atoms with E-state index in [0.29, 0.717) is 51.0 Å². The molecule has 7 atom stereocenters. The Morgan fingerprint density at radius 2 is 0.828 bits per heavy atom. The second-order valence-electron chi connectivity index (χ2n) is 39.2. The Kier molecular flexibility index (Phi) is 105. The van der Waals surface area contributed by atoms with Gasteiger partial charge in [0.05, 0.1) is 38.6 Å². The normalized spacial score (nSPS) is 22.4. The van der Waals surface area contributed by atoms with E-state index in [1.165, 1.54) is 175 Å². The van der Waals surface area contributed by atoms with E-state index in [-0.39, 0.29) is 60.3 Å². The Balaban J connectivity index is -0.000000355. The summed E-state index contributed by atoms with van der Waals surface area (Å²) in [7, 11) is 15.4. The number of aliphatic hydroxyl groups excluding tert-OH is 5. The fourth-order valence-corrected chi connectivity index (χ4v) is 16.7. The maximum atomic E-state index is 11.0. The van der Waals surface area contributed by atoms with Crippen LogP contribution in [0.1, 0.15) is 237 Å². The molecule has 0 saturated carbocycles. The summed E-state index contributed by atoms with van der Waals surface area (Å²) in [6.45, 7) is 104. The van der Waals surface area contributed by atoms with Gasteiger partial charge in [0.25, 0.3) is 0 Å². The first-order chi connectivity index (χ1) is 68.9. The molecule has 0 bridgehead atoms. The van der Waals surface area contributed by atoms with E-state index in [9.17, 15) is 33.6 Å². The SMILES string of the molecule is C=CC.CC(=O)NC(C)C.CCN1CCCC1.CCN1CCCC1=O.CCN1CCC[C@@H]1CO.CCN1CCC[C@H]1CO.CCN1CCN(C(C)=O)CC1.CCN1CCN(C)C(=O)C1.CCN1CCN(C)C[C@@H]1C.CCN1CCN(C)[C@@H](C)C1.CCN1CCN(C)[C@H](C)C1.CCN1CCN(CCO)CC1.CCN1CC[C@@H](O)C1.CCN1CC[C@H](O)C1.CCNC.CCNC(C)=O.CCOCC(=O)N(C)C.CNC(C)=O. The molecular formula is C109H237N23O13. The van der Waals surface area contributed by atoms with Crippen molar-refractivity contribution in [1.82, 2.24) is 114 Å². The summed E-state index contributed by atoms with van der Waals surface area (Å²) in [5, 5.41) is 54.9. The number of allylic oxidation sites excluding steroid dienone is 1. The quantitative estimate of drug-likeness (QED) is 0.0541. The van der Waals surface area contributed by atoms with E-state index in [1.807, 2.05) is 65.4 Å². The van der Waals surface area contributed by atoms with Crippen LogP contribution < -0.4 is 21.3 Å². The standard InChI is InChI=1S/C8H16N2O.C8H18N2O.3C8H18N2.C7H14N2O.2C7H15NO.C6H13NO2.2C6H13NO.C6H11NO.C6H13N.C5H11NO.C4H9NO.C3H7NO.C3H9N.C3H6/c1-3-9-4-6-10(7-5-9)8(2)11;1-2-9-3-5-10(6-4-9)7-8-11;2*1-4-10-6-5-9(3)8(2)7-10;1-4-10-6-5-9(3)7-8(10)2;1-3-9-5-4-8(2)7(10)6-9;2*1-2-8-5-3-4-7(8)6-9;1-4-9-5-6(8)7(2)3;2*1-2-7-4-3-6(8)5-7;1-2-7-5-3-4-6(7)8;1-2-7-5-3-4-6-7;1-4(2)6-5(3)7;1-3-5-4(2)6;1-3(5)4-2;1-3-4-2;1-3-2/h3-7H2,1-2H3;11H,2-8H2,1H3;3*8H,4-7H2,1-3H3;3-6H2,1-2H3;2*7,9H,2-6H2,1H3;4-5H2,1-3H3;2*6,8H,2-5H2,1H3;2-5H2,1H3;2-6H2,1H3;4H,1-3H3,(H,6,7);3H2,1-2H3,(H,5,6);1-2H3,(H,4,5);4H,3H2,1-2H3;3H,1H2,2H3/t;;3*8-;;2*7-;;2*6-;;;;;;;/m..100.10.10......./s1. The molecule has 0 aromatic heterocycles. The van der Waals surface area contributed by atoms with Gasteiger partial charge in [-0.15, -0.1) is 6.58 Å². The molecule has 36 heteroatoms. The maximum absolute atomic E-state index is 11.0. The predicted molar refractivity (Wildman–Crippen MR) is 609 cm³/mol. The van der Waals surface area contributed by atoms with E-state index < -0.39 is 0 Å². The zero-order valence-corrected chi connectivity index (χ0v) is 100. The summed E-state index contributed by atoms with van der Waals surface area (Å²) >= 11 is 0. The number of likely N-dealkylation sites (N-methyl/N-ethyl adjacent to an activating group) is 15. The Labute approximate surface area is 890 Å². The molecule has 7 amide bonds. The van der Waals surface area contributed by atoms with Crippen molar-refractivity contribution < 1.29 is 63.8 Å². The van der Waals surface area contributed by atoms with Gasteiger partial charge in [0.1, 0.15) is 6.61 Å². The Hall–Kier alpha value is -4.85. The Morgan fingerprint density at radius 3 is 1.08 bits per heavy atom. The number of nitrogens with zero attached hydrogens (tertiary/aromatic N) is 19.